The van der Waals surface area contributed by atoms with Crippen molar-refractivity contribution >= 4 is 16.6 Å². The van der Waals surface area contributed by atoms with E-state index in [-0.39, 0.29) is 22.1 Å². The molecule has 2 saturated carbocycles. The lowest BCUT2D eigenvalue weighted by Gasteiger charge is -2.51. The van der Waals surface area contributed by atoms with Crippen molar-refractivity contribution in [3.8, 4) is 5.75 Å². The molecule has 3 aliphatic carbocycles. The molecule has 0 spiro atoms. The summed E-state index contributed by atoms with van der Waals surface area (Å²) in [5.41, 5.74) is 2.79. The molecule has 0 aromatic heterocycles. The van der Waals surface area contributed by atoms with E-state index in [0.717, 1.165) is 25.0 Å². The van der Waals surface area contributed by atoms with Crippen LogP contribution in [0.2, 0.25) is 36.3 Å². The molecular formula is C30H52O3Si2. The van der Waals surface area contributed by atoms with Crippen LogP contribution in [0.1, 0.15) is 84.8 Å². The minimum Gasteiger partial charge on any atom is -0.543 e. The van der Waals surface area contributed by atoms with E-state index < -0.39 is 16.6 Å². The number of rotatable bonds is 4. The summed E-state index contributed by atoms with van der Waals surface area (Å²) in [6.07, 6.45) is 4.44. The van der Waals surface area contributed by atoms with Crippen molar-refractivity contribution in [1.82, 2.24) is 0 Å². The van der Waals surface area contributed by atoms with Crippen molar-refractivity contribution in [3.05, 3.63) is 29.3 Å². The van der Waals surface area contributed by atoms with Gasteiger partial charge in [0.15, 0.2) is 8.32 Å². The number of hydrogen-bond donors (Lipinski definition) is 1. The molecule has 4 rings (SSSR count). The zero-order valence-electron chi connectivity index (χ0n) is 24.4. The van der Waals surface area contributed by atoms with Crippen LogP contribution in [0.25, 0.3) is 0 Å². The first-order valence-corrected chi connectivity index (χ1v) is 19.9. The van der Waals surface area contributed by atoms with E-state index >= 15 is 0 Å². The molecule has 0 heterocycles. The topological polar surface area (TPSA) is 38.7 Å². The molecule has 35 heavy (non-hydrogen) atoms. The molecule has 0 aliphatic heterocycles. The van der Waals surface area contributed by atoms with Crippen LogP contribution in [-0.2, 0) is 10.8 Å². The fourth-order valence-electron chi connectivity index (χ4n) is 6.78. The Kier molecular flexibility index (Phi) is 7.04. The first kappa shape index (κ1) is 27.4. The summed E-state index contributed by atoms with van der Waals surface area (Å²) in [6, 6.07) is 6.78. The van der Waals surface area contributed by atoms with Crippen LogP contribution in [0, 0.1) is 23.7 Å². The Hall–Kier alpha value is -0.626. The van der Waals surface area contributed by atoms with Crippen molar-refractivity contribution in [3.63, 3.8) is 0 Å². The van der Waals surface area contributed by atoms with Crippen molar-refractivity contribution in [2.45, 2.75) is 129 Å². The molecule has 0 radical (unpaired) electrons. The highest BCUT2D eigenvalue weighted by molar-refractivity contribution is 6.75. The number of aliphatic hydroxyl groups excluding tert-OH is 1. The Balaban J connectivity index is 1.58. The van der Waals surface area contributed by atoms with E-state index in [1.165, 1.54) is 17.5 Å². The van der Waals surface area contributed by atoms with Crippen LogP contribution >= 0.6 is 0 Å². The van der Waals surface area contributed by atoms with Gasteiger partial charge in [0.2, 0.25) is 8.32 Å². The Bertz CT molecular complexity index is 927. The summed E-state index contributed by atoms with van der Waals surface area (Å²) in [5, 5.41) is 12.0. The number of fused-ring (bicyclic) bond motifs is 5. The van der Waals surface area contributed by atoms with Gasteiger partial charge in [-0.05, 0) is 109 Å². The lowest BCUT2D eigenvalue weighted by atomic mass is 9.56. The predicted molar refractivity (Wildman–Crippen MR) is 152 cm³/mol. The minimum absolute atomic E-state index is 0.182. The third-order valence-electron chi connectivity index (χ3n) is 10.8. The van der Waals surface area contributed by atoms with Crippen LogP contribution in [0.3, 0.4) is 0 Å². The molecule has 3 nitrogen and oxygen atoms in total. The van der Waals surface area contributed by atoms with Crippen molar-refractivity contribution in [2.24, 2.45) is 23.7 Å². The summed E-state index contributed by atoms with van der Waals surface area (Å²) >= 11 is 0. The standard InChI is InChI=1S/C30H52O3Si2/c1-19-16-20-17-21(32-34(8,9)29(2,3)4)12-13-22(20)28-25(31)18-24-23(27(19)28)14-15-26(24)33-35(10,11)30(5,6)7/h12-13,17,19,23-28,31H,14-16,18H2,1-11H3/t19-,23-,24+,25+,26+,27+,28+/m1/s1. The second-order valence-electron chi connectivity index (χ2n) is 15.1. The predicted octanol–water partition coefficient (Wildman–Crippen LogP) is 8.14. The Labute approximate surface area is 217 Å². The third kappa shape index (κ3) is 4.96. The molecule has 7 atom stereocenters. The summed E-state index contributed by atoms with van der Waals surface area (Å²) in [4.78, 5) is 0. The van der Waals surface area contributed by atoms with E-state index in [2.05, 4.69) is 92.9 Å². The average Bonchev–Trinajstić information content (AvgIpc) is 3.07. The zero-order chi connectivity index (χ0) is 26.1. The maximum atomic E-state index is 11.6. The van der Waals surface area contributed by atoms with Crippen molar-refractivity contribution < 1.29 is 14.0 Å². The molecule has 0 saturated heterocycles. The minimum atomic E-state index is -1.87. The SMILES string of the molecule is C[C@@H]1Cc2cc(O[Si](C)(C)C(C)(C)C)ccc2[C@@H]2[C@@H]1[C@@H]1CC[C@H](O[Si](C)(C)C(C)(C)C)[C@H]1C[C@@H]2O. The molecule has 5 heteroatoms. The Morgan fingerprint density at radius 2 is 1.51 bits per heavy atom. The summed E-state index contributed by atoms with van der Waals surface area (Å²) in [7, 11) is -3.69. The molecule has 3 aliphatic rings. The van der Waals surface area contributed by atoms with Crippen LogP contribution in [-0.4, -0.2) is 33.9 Å². The van der Waals surface area contributed by atoms with Gasteiger partial charge >= 0.3 is 0 Å². The monoisotopic (exact) mass is 516 g/mol. The lowest BCUT2D eigenvalue weighted by Crippen LogP contribution is -2.50. The van der Waals surface area contributed by atoms with Gasteiger partial charge in [-0.15, -0.1) is 0 Å². The van der Waals surface area contributed by atoms with Gasteiger partial charge < -0.3 is 14.0 Å². The molecule has 0 bridgehead atoms. The van der Waals surface area contributed by atoms with Gasteiger partial charge in [0, 0.05) is 12.0 Å². The number of benzene rings is 1. The fraction of sp³-hybridized carbons (Fsp3) is 0.800. The van der Waals surface area contributed by atoms with Gasteiger partial charge in [0.05, 0.1) is 6.10 Å². The van der Waals surface area contributed by atoms with E-state index in [1.54, 1.807) is 0 Å². The van der Waals surface area contributed by atoms with Gasteiger partial charge in [0.1, 0.15) is 5.75 Å². The van der Waals surface area contributed by atoms with Gasteiger partial charge in [-0.25, -0.2) is 0 Å². The molecule has 198 valence electrons. The first-order valence-electron chi connectivity index (χ1n) is 14.1. The van der Waals surface area contributed by atoms with Gasteiger partial charge in [-0.3, -0.25) is 0 Å². The molecule has 1 N–H and O–H groups in total. The average molecular weight is 517 g/mol. The molecule has 1 aromatic rings. The molecule has 0 amide bonds. The van der Waals surface area contributed by atoms with Crippen molar-refractivity contribution in [2.75, 3.05) is 0 Å². The summed E-state index contributed by atoms with van der Waals surface area (Å²) in [6.45, 7) is 25.7. The zero-order valence-corrected chi connectivity index (χ0v) is 26.4. The van der Waals surface area contributed by atoms with E-state index in [9.17, 15) is 5.11 Å². The maximum absolute atomic E-state index is 11.6. The smallest absolute Gasteiger partial charge is 0.250 e. The third-order valence-corrected chi connectivity index (χ3v) is 19.6. The highest BCUT2D eigenvalue weighted by atomic mass is 28.4. The van der Waals surface area contributed by atoms with Crippen LogP contribution in [0.15, 0.2) is 18.2 Å². The lowest BCUT2D eigenvalue weighted by molar-refractivity contribution is -0.0355. The fourth-order valence-corrected chi connectivity index (χ4v) is 9.21. The van der Waals surface area contributed by atoms with Crippen LogP contribution in [0.5, 0.6) is 5.75 Å². The second kappa shape index (κ2) is 8.99. The Morgan fingerprint density at radius 3 is 2.11 bits per heavy atom. The molecule has 2 fully saturated rings. The van der Waals surface area contributed by atoms with Gasteiger partial charge in [-0.1, -0.05) is 54.5 Å². The number of aliphatic hydroxyl groups is 1. The largest absolute Gasteiger partial charge is 0.543 e. The van der Waals surface area contributed by atoms with Crippen molar-refractivity contribution in [1.29, 1.82) is 0 Å². The summed E-state index contributed by atoms with van der Waals surface area (Å²) in [5.74, 6) is 3.58. The van der Waals surface area contributed by atoms with E-state index in [0.29, 0.717) is 29.8 Å². The van der Waals surface area contributed by atoms with Gasteiger partial charge in [0.25, 0.3) is 0 Å². The summed E-state index contributed by atoms with van der Waals surface area (Å²) < 4.78 is 13.6. The molecule has 1 aromatic carbocycles. The Morgan fingerprint density at radius 1 is 0.886 bits per heavy atom. The molecule has 0 unspecified atom stereocenters. The molecular weight excluding hydrogens is 464 g/mol. The first-order chi connectivity index (χ1) is 15.9. The quantitative estimate of drug-likeness (QED) is 0.410. The van der Waals surface area contributed by atoms with E-state index in [1.807, 2.05) is 0 Å². The number of hydrogen-bond acceptors (Lipinski definition) is 3. The maximum Gasteiger partial charge on any atom is 0.250 e. The van der Waals surface area contributed by atoms with E-state index in [4.69, 9.17) is 8.85 Å². The highest BCUT2D eigenvalue weighted by Gasteiger charge is 2.55. The second-order valence-corrected chi connectivity index (χ2v) is 24.6. The highest BCUT2D eigenvalue weighted by Crippen LogP contribution is 2.58. The van der Waals surface area contributed by atoms with Gasteiger partial charge in [-0.2, -0.15) is 0 Å². The van der Waals surface area contributed by atoms with Crippen LogP contribution < -0.4 is 4.43 Å². The van der Waals surface area contributed by atoms with Crippen LogP contribution in [0.4, 0.5) is 0 Å². The normalized spacial score (nSPS) is 33.7.